The lowest BCUT2D eigenvalue weighted by atomic mass is 10.1. The Morgan fingerprint density at radius 2 is 1.95 bits per heavy atom. The first kappa shape index (κ1) is 15.2. The van der Waals surface area contributed by atoms with Gasteiger partial charge in [0, 0.05) is 12.7 Å². The molecular formula is C15H19IN4. The predicted molar refractivity (Wildman–Crippen MR) is 91.0 cm³/mol. The molecule has 1 N–H and O–H groups in total. The minimum absolute atomic E-state index is 0.694. The van der Waals surface area contributed by atoms with Gasteiger partial charge in [-0.25, -0.2) is 9.97 Å². The van der Waals surface area contributed by atoms with Crippen molar-refractivity contribution in [2.24, 2.45) is 0 Å². The standard InChI is InChI=1S/C15H19IN4/c1-5-6-17-14-12(16)11(4)19-15(20-14)13-10(3)7-9(2)8-18-13/h7-8H,5-6H2,1-4H3,(H,17,19,20). The maximum atomic E-state index is 4.64. The topological polar surface area (TPSA) is 50.7 Å². The molecule has 0 aliphatic carbocycles. The van der Waals surface area contributed by atoms with Crippen LogP contribution in [0.1, 0.15) is 30.2 Å². The molecule has 0 saturated heterocycles. The van der Waals surface area contributed by atoms with Gasteiger partial charge >= 0.3 is 0 Å². The summed E-state index contributed by atoms with van der Waals surface area (Å²) in [4.78, 5) is 13.7. The van der Waals surface area contributed by atoms with Crippen LogP contribution < -0.4 is 5.32 Å². The van der Waals surface area contributed by atoms with Crippen LogP contribution in [0.5, 0.6) is 0 Å². The Morgan fingerprint density at radius 3 is 2.60 bits per heavy atom. The lowest BCUT2D eigenvalue weighted by Crippen LogP contribution is -2.08. The highest BCUT2D eigenvalue weighted by atomic mass is 127. The average Bonchev–Trinajstić information content (AvgIpc) is 2.40. The summed E-state index contributed by atoms with van der Waals surface area (Å²) in [6, 6.07) is 2.11. The molecule has 4 nitrogen and oxygen atoms in total. The molecule has 0 fully saturated rings. The van der Waals surface area contributed by atoms with Crippen LogP contribution >= 0.6 is 22.6 Å². The highest BCUT2D eigenvalue weighted by Crippen LogP contribution is 2.24. The van der Waals surface area contributed by atoms with Crippen molar-refractivity contribution in [2.45, 2.75) is 34.1 Å². The van der Waals surface area contributed by atoms with Crippen molar-refractivity contribution in [3.8, 4) is 11.5 Å². The Hall–Kier alpha value is -1.24. The normalized spacial score (nSPS) is 10.7. The zero-order chi connectivity index (χ0) is 14.7. The van der Waals surface area contributed by atoms with Gasteiger partial charge in [-0.05, 0) is 60.9 Å². The summed E-state index contributed by atoms with van der Waals surface area (Å²) in [5, 5.41) is 3.36. The zero-order valence-corrected chi connectivity index (χ0v) is 14.4. The fraction of sp³-hybridized carbons (Fsp3) is 0.400. The molecule has 106 valence electrons. The fourth-order valence-electron chi connectivity index (χ4n) is 1.98. The first-order chi connectivity index (χ1) is 9.52. The number of aryl methyl sites for hydroxylation is 3. The van der Waals surface area contributed by atoms with E-state index in [1.807, 2.05) is 27.0 Å². The minimum atomic E-state index is 0.694. The smallest absolute Gasteiger partial charge is 0.180 e. The van der Waals surface area contributed by atoms with Gasteiger partial charge in [0.05, 0.1) is 9.26 Å². The number of hydrogen-bond donors (Lipinski definition) is 1. The molecule has 0 aliphatic heterocycles. The van der Waals surface area contributed by atoms with Gasteiger partial charge in [-0.2, -0.15) is 0 Å². The molecule has 0 unspecified atom stereocenters. The van der Waals surface area contributed by atoms with E-state index in [0.29, 0.717) is 5.82 Å². The van der Waals surface area contributed by atoms with E-state index >= 15 is 0 Å². The van der Waals surface area contributed by atoms with Gasteiger partial charge in [0.25, 0.3) is 0 Å². The molecule has 2 aromatic rings. The minimum Gasteiger partial charge on any atom is -0.369 e. The van der Waals surface area contributed by atoms with Crippen molar-refractivity contribution < 1.29 is 0 Å². The van der Waals surface area contributed by atoms with Crippen molar-refractivity contribution in [1.82, 2.24) is 15.0 Å². The molecule has 0 aliphatic rings. The van der Waals surface area contributed by atoms with Gasteiger partial charge < -0.3 is 5.32 Å². The lowest BCUT2D eigenvalue weighted by molar-refractivity contribution is 0.956. The van der Waals surface area contributed by atoms with E-state index in [9.17, 15) is 0 Å². The Bertz CT molecular complexity index is 626. The van der Waals surface area contributed by atoms with Gasteiger partial charge in [0.1, 0.15) is 11.5 Å². The monoisotopic (exact) mass is 382 g/mol. The van der Waals surface area contributed by atoms with E-state index in [4.69, 9.17) is 0 Å². The zero-order valence-electron chi connectivity index (χ0n) is 12.3. The van der Waals surface area contributed by atoms with Crippen LogP contribution in [-0.4, -0.2) is 21.5 Å². The van der Waals surface area contributed by atoms with E-state index in [0.717, 1.165) is 44.9 Å². The molecule has 5 heteroatoms. The molecule has 0 radical (unpaired) electrons. The van der Waals surface area contributed by atoms with Gasteiger partial charge in [0.2, 0.25) is 0 Å². The van der Waals surface area contributed by atoms with Crippen molar-refractivity contribution >= 4 is 28.4 Å². The number of rotatable bonds is 4. The molecule has 20 heavy (non-hydrogen) atoms. The molecule has 2 aromatic heterocycles. The average molecular weight is 382 g/mol. The van der Waals surface area contributed by atoms with Crippen molar-refractivity contribution in [3.63, 3.8) is 0 Å². The largest absolute Gasteiger partial charge is 0.369 e. The van der Waals surface area contributed by atoms with Crippen LogP contribution in [-0.2, 0) is 0 Å². The second-order valence-corrected chi connectivity index (χ2v) is 5.98. The van der Waals surface area contributed by atoms with E-state index in [1.54, 1.807) is 0 Å². The molecule has 0 amide bonds. The SMILES string of the molecule is CCCNc1nc(-c2ncc(C)cc2C)nc(C)c1I. The number of anilines is 1. The van der Waals surface area contributed by atoms with Gasteiger partial charge in [-0.15, -0.1) is 0 Å². The van der Waals surface area contributed by atoms with Crippen LogP contribution in [0.4, 0.5) is 5.82 Å². The molecule has 0 bridgehead atoms. The van der Waals surface area contributed by atoms with Gasteiger partial charge in [0.15, 0.2) is 5.82 Å². The molecule has 2 heterocycles. The number of hydrogen-bond acceptors (Lipinski definition) is 4. The van der Waals surface area contributed by atoms with Crippen molar-refractivity contribution in [1.29, 1.82) is 0 Å². The third kappa shape index (κ3) is 3.26. The molecule has 0 saturated carbocycles. The Labute approximate surface area is 133 Å². The number of pyridine rings is 1. The molecule has 0 atom stereocenters. The van der Waals surface area contributed by atoms with E-state index < -0.39 is 0 Å². The van der Waals surface area contributed by atoms with E-state index in [2.05, 4.69) is 55.8 Å². The summed E-state index contributed by atoms with van der Waals surface area (Å²) in [5.74, 6) is 1.59. The Morgan fingerprint density at radius 1 is 1.20 bits per heavy atom. The first-order valence-corrected chi connectivity index (χ1v) is 7.82. The van der Waals surface area contributed by atoms with Gasteiger partial charge in [-0.1, -0.05) is 13.0 Å². The Balaban J connectivity index is 2.48. The van der Waals surface area contributed by atoms with E-state index in [1.165, 1.54) is 0 Å². The Kier molecular flexibility index (Phi) is 4.91. The first-order valence-electron chi connectivity index (χ1n) is 6.74. The number of halogens is 1. The van der Waals surface area contributed by atoms with Crippen LogP contribution in [0, 0.1) is 24.3 Å². The summed E-state index contributed by atoms with van der Waals surface area (Å²) in [7, 11) is 0. The summed E-state index contributed by atoms with van der Waals surface area (Å²) in [5.41, 5.74) is 4.09. The third-order valence-electron chi connectivity index (χ3n) is 2.99. The molecular weight excluding hydrogens is 363 g/mol. The summed E-state index contributed by atoms with van der Waals surface area (Å²) >= 11 is 2.29. The summed E-state index contributed by atoms with van der Waals surface area (Å²) < 4.78 is 1.07. The molecule has 2 rings (SSSR count). The second kappa shape index (κ2) is 6.47. The third-order valence-corrected chi connectivity index (χ3v) is 4.28. The summed E-state index contributed by atoms with van der Waals surface area (Å²) in [6.07, 6.45) is 2.93. The molecule has 0 spiro atoms. The summed E-state index contributed by atoms with van der Waals surface area (Å²) in [6.45, 7) is 9.14. The quantitative estimate of drug-likeness (QED) is 0.816. The van der Waals surface area contributed by atoms with Crippen molar-refractivity contribution in [3.05, 3.63) is 32.7 Å². The van der Waals surface area contributed by atoms with Crippen LogP contribution in [0.25, 0.3) is 11.5 Å². The van der Waals surface area contributed by atoms with Gasteiger partial charge in [-0.3, -0.25) is 4.98 Å². The van der Waals surface area contributed by atoms with E-state index in [-0.39, 0.29) is 0 Å². The lowest BCUT2D eigenvalue weighted by Gasteiger charge is -2.11. The predicted octanol–water partition coefficient (Wildman–Crippen LogP) is 3.89. The number of nitrogens with one attached hydrogen (secondary N) is 1. The second-order valence-electron chi connectivity index (χ2n) is 4.90. The van der Waals surface area contributed by atoms with Crippen molar-refractivity contribution in [2.75, 3.05) is 11.9 Å². The highest BCUT2D eigenvalue weighted by molar-refractivity contribution is 14.1. The van der Waals surface area contributed by atoms with Crippen LogP contribution in [0.15, 0.2) is 12.3 Å². The molecule has 0 aromatic carbocycles. The maximum Gasteiger partial charge on any atom is 0.180 e. The fourth-order valence-corrected chi connectivity index (χ4v) is 2.41. The maximum absolute atomic E-state index is 4.64. The number of aromatic nitrogens is 3. The number of nitrogens with zero attached hydrogens (tertiary/aromatic N) is 3. The van der Waals surface area contributed by atoms with Crippen LogP contribution in [0.3, 0.4) is 0 Å². The van der Waals surface area contributed by atoms with Crippen LogP contribution in [0.2, 0.25) is 0 Å². The highest BCUT2D eigenvalue weighted by Gasteiger charge is 2.13.